The number of nitrogens with two attached hydrogens (primary N) is 1. The quantitative estimate of drug-likeness (QED) is 0.652. The molecule has 18 heavy (non-hydrogen) atoms. The molecular weight excluding hydrogens is 256 g/mol. The van der Waals surface area contributed by atoms with E-state index < -0.39 is 5.97 Å². The summed E-state index contributed by atoms with van der Waals surface area (Å²) in [7, 11) is 1.31. The fourth-order valence-electron chi connectivity index (χ4n) is 1.53. The van der Waals surface area contributed by atoms with Crippen molar-refractivity contribution in [3.05, 3.63) is 23.0 Å². The molecule has 1 aromatic heterocycles. The van der Waals surface area contributed by atoms with Gasteiger partial charge in [0, 0.05) is 11.7 Å². The predicted octanol–water partition coefficient (Wildman–Crippen LogP) is 1.78. The number of nitrogens with zero attached hydrogens (tertiary/aromatic N) is 1. The van der Waals surface area contributed by atoms with Crippen LogP contribution in [0.1, 0.15) is 29.6 Å². The van der Waals surface area contributed by atoms with Crippen molar-refractivity contribution in [2.75, 3.05) is 13.7 Å². The molecule has 1 aliphatic carbocycles. The number of rotatable bonds is 5. The summed E-state index contributed by atoms with van der Waals surface area (Å²) in [5.74, 6) is -0.0923. The maximum absolute atomic E-state index is 11.3. The first-order valence-electron chi connectivity index (χ1n) is 5.70. The zero-order chi connectivity index (χ0) is 13.2. The lowest BCUT2D eigenvalue weighted by atomic mass is 10.2. The maximum Gasteiger partial charge on any atom is 0.339 e. The molecule has 2 rings (SSSR count). The number of halogens is 1. The first kappa shape index (κ1) is 13.1. The predicted molar refractivity (Wildman–Crippen MR) is 66.9 cm³/mol. The SMILES string of the molecule is COC(=O)c1cnc(Cl)c(OCCC2(N)CC2)c1. The molecule has 0 saturated heterocycles. The van der Waals surface area contributed by atoms with Crippen molar-refractivity contribution >= 4 is 17.6 Å². The molecule has 0 bridgehead atoms. The van der Waals surface area contributed by atoms with Crippen LogP contribution < -0.4 is 10.5 Å². The minimum atomic E-state index is -0.471. The van der Waals surface area contributed by atoms with Gasteiger partial charge in [-0.1, -0.05) is 11.6 Å². The highest BCUT2D eigenvalue weighted by Gasteiger charge is 2.37. The topological polar surface area (TPSA) is 74.4 Å². The molecule has 0 radical (unpaired) electrons. The fourth-order valence-corrected chi connectivity index (χ4v) is 1.69. The molecule has 5 nitrogen and oxygen atoms in total. The zero-order valence-electron chi connectivity index (χ0n) is 10.1. The summed E-state index contributed by atoms with van der Waals surface area (Å²) in [6.45, 7) is 0.461. The maximum atomic E-state index is 11.3. The van der Waals surface area contributed by atoms with Gasteiger partial charge >= 0.3 is 5.97 Å². The summed E-state index contributed by atoms with van der Waals surface area (Å²) in [5, 5.41) is 0.226. The minimum absolute atomic E-state index is 0.0696. The first-order chi connectivity index (χ1) is 8.54. The van der Waals surface area contributed by atoms with Gasteiger partial charge in [-0.3, -0.25) is 0 Å². The van der Waals surface area contributed by atoms with Crippen LogP contribution in [0.4, 0.5) is 0 Å². The second kappa shape index (κ2) is 5.12. The van der Waals surface area contributed by atoms with Crippen LogP contribution in [0.5, 0.6) is 5.75 Å². The molecule has 0 unspecified atom stereocenters. The molecule has 0 aromatic carbocycles. The number of carbonyl (C=O) groups excluding carboxylic acids is 1. The van der Waals surface area contributed by atoms with E-state index >= 15 is 0 Å². The van der Waals surface area contributed by atoms with E-state index in [9.17, 15) is 4.79 Å². The molecule has 1 saturated carbocycles. The number of aromatic nitrogens is 1. The molecule has 0 aliphatic heterocycles. The van der Waals surface area contributed by atoms with Crippen LogP contribution in [0.2, 0.25) is 5.15 Å². The second-order valence-corrected chi connectivity index (χ2v) is 4.82. The third kappa shape index (κ3) is 3.11. The van der Waals surface area contributed by atoms with E-state index in [2.05, 4.69) is 9.72 Å². The average Bonchev–Trinajstić information content (AvgIpc) is 3.09. The molecule has 2 N–H and O–H groups in total. The lowest BCUT2D eigenvalue weighted by Gasteiger charge is -2.11. The van der Waals surface area contributed by atoms with E-state index in [1.807, 2.05) is 0 Å². The van der Waals surface area contributed by atoms with Gasteiger partial charge in [0.05, 0.1) is 19.3 Å². The van der Waals surface area contributed by atoms with Crippen LogP contribution >= 0.6 is 11.6 Å². The summed E-state index contributed by atoms with van der Waals surface area (Å²) in [4.78, 5) is 15.2. The number of hydrogen-bond acceptors (Lipinski definition) is 5. The summed E-state index contributed by atoms with van der Waals surface area (Å²) in [6, 6.07) is 1.53. The monoisotopic (exact) mass is 270 g/mol. The normalized spacial score (nSPS) is 16.2. The van der Waals surface area contributed by atoms with Gasteiger partial charge in [-0.05, 0) is 25.3 Å². The summed E-state index contributed by atoms with van der Waals surface area (Å²) < 4.78 is 10.1. The van der Waals surface area contributed by atoms with E-state index in [1.54, 1.807) is 0 Å². The second-order valence-electron chi connectivity index (χ2n) is 4.47. The molecule has 1 fully saturated rings. The molecule has 0 atom stereocenters. The molecule has 98 valence electrons. The van der Waals surface area contributed by atoms with Crippen LogP contribution in [-0.2, 0) is 4.74 Å². The number of hydrogen-bond donors (Lipinski definition) is 1. The van der Waals surface area contributed by atoms with Gasteiger partial charge in [-0.25, -0.2) is 9.78 Å². The number of pyridine rings is 1. The molecular formula is C12H15ClN2O3. The Morgan fingerprint density at radius 3 is 2.94 bits per heavy atom. The summed E-state index contributed by atoms with van der Waals surface area (Å²) in [6.07, 6.45) is 4.19. The molecule has 1 aliphatic rings. The van der Waals surface area contributed by atoms with E-state index in [1.165, 1.54) is 19.4 Å². The van der Waals surface area contributed by atoms with Crippen molar-refractivity contribution < 1.29 is 14.3 Å². The van der Waals surface area contributed by atoms with Crippen LogP contribution in [0.3, 0.4) is 0 Å². The van der Waals surface area contributed by atoms with Crippen LogP contribution in [0.25, 0.3) is 0 Å². The van der Waals surface area contributed by atoms with Crippen molar-refractivity contribution in [2.45, 2.75) is 24.8 Å². The Morgan fingerprint density at radius 1 is 1.61 bits per heavy atom. The van der Waals surface area contributed by atoms with Gasteiger partial charge in [-0.15, -0.1) is 0 Å². The van der Waals surface area contributed by atoms with Crippen molar-refractivity contribution in [1.82, 2.24) is 4.98 Å². The van der Waals surface area contributed by atoms with Crippen LogP contribution in [0.15, 0.2) is 12.3 Å². The fraction of sp³-hybridized carbons (Fsp3) is 0.500. The number of esters is 1. The van der Waals surface area contributed by atoms with Gasteiger partial charge in [0.1, 0.15) is 0 Å². The lowest BCUT2D eigenvalue weighted by Crippen LogP contribution is -2.24. The Hall–Kier alpha value is -1.33. The highest BCUT2D eigenvalue weighted by molar-refractivity contribution is 6.30. The average molecular weight is 271 g/mol. The molecule has 6 heteroatoms. The summed E-state index contributed by atoms with van der Waals surface area (Å²) in [5.41, 5.74) is 6.19. The van der Waals surface area contributed by atoms with Crippen molar-refractivity contribution in [3.63, 3.8) is 0 Å². The molecule has 0 spiro atoms. The Balaban J connectivity index is 1.99. The van der Waals surface area contributed by atoms with E-state index in [0.29, 0.717) is 17.9 Å². The Labute approximate surface area is 110 Å². The van der Waals surface area contributed by atoms with Gasteiger partial charge < -0.3 is 15.2 Å². The highest BCUT2D eigenvalue weighted by atomic mass is 35.5. The Bertz CT molecular complexity index is 461. The van der Waals surface area contributed by atoms with Crippen LogP contribution in [-0.4, -0.2) is 30.2 Å². The number of ether oxygens (including phenoxy) is 2. The van der Waals surface area contributed by atoms with Gasteiger partial charge in [0.25, 0.3) is 0 Å². The standard InChI is InChI=1S/C12H15ClN2O3/c1-17-11(16)8-6-9(10(13)15-7-8)18-5-4-12(14)2-3-12/h6-7H,2-5,14H2,1H3. The molecule has 1 heterocycles. The Morgan fingerprint density at radius 2 is 2.33 bits per heavy atom. The minimum Gasteiger partial charge on any atom is -0.490 e. The van der Waals surface area contributed by atoms with E-state index in [-0.39, 0.29) is 10.7 Å². The third-order valence-electron chi connectivity index (χ3n) is 2.98. The molecule has 0 amide bonds. The van der Waals surface area contributed by atoms with E-state index in [4.69, 9.17) is 22.1 Å². The summed E-state index contributed by atoms with van der Waals surface area (Å²) >= 11 is 5.89. The zero-order valence-corrected chi connectivity index (χ0v) is 10.9. The van der Waals surface area contributed by atoms with Gasteiger partial charge in [0.15, 0.2) is 10.9 Å². The third-order valence-corrected chi connectivity index (χ3v) is 3.26. The van der Waals surface area contributed by atoms with Crippen molar-refractivity contribution in [2.24, 2.45) is 5.73 Å². The molecule has 1 aromatic rings. The smallest absolute Gasteiger partial charge is 0.339 e. The lowest BCUT2D eigenvalue weighted by molar-refractivity contribution is 0.0599. The highest BCUT2D eigenvalue weighted by Crippen LogP contribution is 2.35. The van der Waals surface area contributed by atoms with Crippen molar-refractivity contribution in [3.8, 4) is 5.75 Å². The van der Waals surface area contributed by atoms with E-state index in [0.717, 1.165) is 19.3 Å². The largest absolute Gasteiger partial charge is 0.490 e. The van der Waals surface area contributed by atoms with Gasteiger partial charge in [-0.2, -0.15) is 0 Å². The van der Waals surface area contributed by atoms with Crippen molar-refractivity contribution in [1.29, 1.82) is 0 Å². The Kier molecular flexibility index (Phi) is 3.73. The number of methoxy groups -OCH3 is 1. The van der Waals surface area contributed by atoms with Crippen LogP contribution in [0, 0.1) is 0 Å². The van der Waals surface area contributed by atoms with Gasteiger partial charge in [0.2, 0.25) is 0 Å². The first-order valence-corrected chi connectivity index (χ1v) is 6.07. The number of carbonyl (C=O) groups is 1.